The minimum absolute atomic E-state index is 0.986. The molecule has 22 heavy (non-hydrogen) atoms. The summed E-state index contributed by atoms with van der Waals surface area (Å²) in [7, 11) is 0. The normalized spacial score (nSPS) is 14.0. The second kappa shape index (κ2) is 6.61. The Balaban J connectivity index is 2.13. The third kappa shape index (κ3) is 2.82. The van der Waals surface area contributed by atoms with E-state index in [0.717, 1.165) is 30.6 Å². The molecule has 0 N–H and O–H groups in total. The molecule has 0 fully saturated rings. The molecule has 1 aromatic carbocycles. The summed E-state index contributed by atoms with van der Waals surface area (Å²) in [6.45, 7) is 4.41. The summed E-state index contributed by atoms with van der Waals surface area (Å²) in [5.41, 5.74) is 6.02. The van der Waals surface area contributed by atoms with Crippen LogP contribution in [-0.4, -0.2) is 9.78 Å². The van der Waals surface area contributed by atoms with Gasteiger partial charge in [-0.25, -0.2) is 4.68 Å². The summed E-state index contributed by atoms with van der Waals surface area (Å²) >= 11 is 0. The first-order chi connectivity index (χ1) is 10.8. The van der Waals surface area contributed by atoms with Crippen LogP contribution in [0.1, 0.15) is 36.7 Å². The fourth-order valence-corrected chi connectivity index (χ4v) is 2.86. The van der Waals surface area contributed by atoms with Crippen LogP contribution in [0.5, 0.6) is 0 Å². The van der Waals surface area contributed by atoms with Crippen LogP contribution < -0.4 is 0 Å². The predicted molar refractivity (Wildman–Crippen MR) is 93.2 cm³/mol. The summed E-state index contributed by atoms with van der Waals surface area (Å²) in [4.78, 5) is 0. The number of para-hydroxylation sites is 1. The van der Waals surface area contributed by atoms with E-state index in [1.54, 1.807) is 0 Å². The summed E-state index contributed by atoms with van der Waals surface area (Å²) < 4.78 is 2.11. The first kappa shape index (κ1) is 14.6. The second-order valence-corrected chi connectivity index (χ2v) is 5.61. The van der Waals surface area contributed by atoms with Gasteiger partial charge in [0.15, 0.2) is 0 Å². The molecule has 3 rings (SSSR count). The van der Waals surface area contributed by atoms with Gasteiger partial charge in [-0.15, -0.1) is 0 Å². The van der Waals surface area contributed by atoms with Crippen molar-refractivity contribution in [3.8, 4) is 5.69 Å². The molecule has 0 unspecified atom stereocenters. The fourth-order valence-electron chi connectivity index (χ4n) is 2.86. The summed E-state index contributed by atoms with van der Waals surface area (Å²) in [6, 6.07) is 10.4. The van der Waals surface area contributed by atoms with Crippen molar-refractivity contribution in [3.05, 3.63) is 77.7 Å². The minimum atomic E-state index is 0.986. The van der Waals surface area contributed by atoms with Crippen molar-refractivity contribution in [2.75, 3.05) is 0 Å². The molecular formula is C20H22N2. The molecule has 0 atom stereocenters. The summed E-state index contributed by atoms with van der Waals surface area (Å²) in [5.74, 6) is 0. The van der Waals surface area contributed by atoms with E-state index in [9.17, 15) is 0 Å². The molecule has 0 bridgehead atoms. The lowest BCUT2D eigenvalue weighted by atomic mass is 10.0. The largest absolute Gasteiger partial charge is 0.237 e. The van der Waals surface area contributed by atoms with Crippen LogP contribution in [0.3, 0.4) is 0 Å². The Hall–Kier alpha value is -2.35. The molecule has 2 heteroatoms. The Labute approximate surface area is 132 Å². The highest BCUT2D eigenvalue weighted by atomic mass is 15.3. The van der Waals surface area contributed by atoms with Crippen molar-refractivity contribution < 1.29 is 0 Å². The van der Waals surface area contributed by atoms with E-state index in [1.165, 1.54) is 16.8 Å². The minimum Gasteiger partial charge on any atom is -0.237 e. The van der Waals surface area contributed by atoms with E-state index >= 15 is 0 Å². The third-order valence-electron chi connectivity index (χ3n) is 3.99. The molecule has 2 aromatic rings. The third-order valence-corrected chi connectivity index (χ3v) is 3.99. The Morgan fingerprint density at radius 2 is 1.95 bits per heavy atom. The highest BCUT2D eigenvalue weighted by molar-refractivity contribution is 5.76. The first-order valence-corrected chi connectivity index (χ1v) is 7.99. The van der Waals surface area contributed by atoms with Crippen LogP contribution in [0.25, 0.3) is 11.3 Å². The van der Waals surface area contributed by atoms with Gasteiger partial charge in [0.2, 0.25) is 0 Å². The number of nitrogens with zero attached hydrogens (tertiary/aromatic N) is 2. The molecular weight excluding hydrogens is 268 g/mol. The smallest absolute Gasteiger partial charge is 0.0959 e. The maximum Gasteiger partial charge on any atom is 0.0959 e. The van der Waals surface area contributed by atoms with Gasteiger partial charge in [0.1, 0.15) is 0 Å². The molecule has 0 radical (unpaired) electrons. The van der Waals surface area contributed by atoms with E-state index < -0.39 is 0 Å². The molecule has 0 amide bonds. The molecule has 0 saturated carbocycles. The van der Waals surface area contributed by atoms with Gasteiger partial charge in [-0.1, -0.05) is 61.9 Å². The van der Waals surface area contributed by atoms with Gasteiger partial charge in [-0.3, -0.25) is 0 Å². The SMILES string of the molecule is CCCc1c(C)c(C2=CC=CCC=C2)nn1-c1ccccc1. The van der Waals surface area contributed by atoms with Gasteiger partial charge < -0.3 is 0 Å². The quantitative estimate of drug-likeness (QED) is 0.772. The van der Waals surface area contributed by atoms with Gasteiger partial charge in [-0.2, -0.15) is 5.10 Å². The van der Waals surface area contributed by atoms with Gasteiger partial charge >= 0.3 is 0 Å². The Kier molecular flexibility index (Phi) is 4.38. The molecule has 112 valence electrons. The number of allylic oxidation sites excluding steroid dienone is 6. The van der Waals surface area contributed by atoms with Crippen molar-refractivity contribution in [1.82, 2.24) is 9.78 Å². The van der Waals surface area contributed by atoms with Crippen LogP contribution in [-0.2, 0) is 6.42 Å². The number of aromatic nitrogens is 2. The van der Waals surface area contributed by atoms with E-state index in [2.05, 4.69) is 73.2 Å². The van der Waals surface area contributed by atoms with Crippen molar-refractivity contribution in [2.24, 2.45) is 0 Å². The molecule has 1 aliphatic rings. The van der Waals surface area contributed by atoms with E-state index in [1.807, 2.05) is 6.07 Å². The van der Waals surface area contributed by atoms with Crippen molar-refractivity contribution in [3.63, 3.8) is 0 Å². The zero-order chi connectivity index (χ0) is 15.4. The Morgan fingerprint density at radius 1 is 1.14 bits per heavy atom. The second-order valence-electron chi connectivity index (χ2n) is 5.61. The summed E-state index contributed by atoms with van der Waals surface area (Å²) in [6.07, 6.45) is 14.0. The van der Waals surface area contributed by atoms with Gasteiger partial charge in [0.05, 0.1) is 11.4 Å². The Morgan fingerprint density at radius 3 is 2.73 bits per heavy atom. The molecule has 0 saturated heterocycles. The monoisotopic (exact) mass is 290 g/mol. The molecule has 1 aromatic heterocycles. The lowest BCUT2D eigenvalue weighted by molar-refractivity contribution is 0.770. The van der Waals surface area contributed by atoms with Crippen molar-refractivity contribution in [1.29, 1.82) is 0 Å². The number of rotatable bonds is 4. The zero-order valence-electron chi connectivity index (χ0n) is 13.3. The van der Waals surface area contributed by atoms with Crippen molar-refractivity contribution in [2.45, 2.75) is 33.1 Å². The lowest BCUT2D eigenvalue weighted by Gasteiger charge is -2.06. The molecule has 1 aliphatic carbocycles. The maximum absolute atomic E-state index is 4.93. The van der Waals surface area contributed by atoms with Crippen LogP contribution in [0.4, 0.5) is 0 Å². The topological polar surface area (TPSA) is 17.8 Å². The van der Waals surface area contributed by atoms with Crippen LogP contribution in [0, 0.1) is 6.92 Å². The number of hydrogen-bond acceptors (Lipinski definition) is 1. The zero-order valence-corrected chi connectivity index (χ0v) is 13.3. The first-order valence-electron chi connectivity index (χ1n) is 7.99. The predicted octanol–water partition coefficient (Wildman–Crippen LogP) is 5.03. The van der Waals surface area contributed by atoms with Gasteiger partial charge in [-0.05, 0) is 37.5 Å². The molecule has 2 nitrogen and oxygen atoms in total. The molecule has 1 heterocycles. The number of hydrogen-bond donors (Lipinski definition) is 0. The maximum atomic E-state index is 4.93. The van der Waals surface area contributed by atoms with E-state index in [4.69, 9.17) is 5.10 Å². The van der Waals surface area contributed by atoms with E-state index in [0.29, 0.717) is 0 Å². The Bertz CT molecular complexity index is 731. The van der Waals surface area contributed by atoms with Crippen LogP contribution in [0.2, 0.25) is 0 Å². The average Bonchev–Trinajstić information content (AvgIpc) is 2.74. The number of benzene rings is 1. The van der Waals surface area contributed by atoms with Gasteiger partial charge in [0.25, 0.3) is 0 Å². The highest BCUT2D eigenvalue weighted by Gasteiger charge is 2.16. The van der Waals surface area contributed by atoms with E-state index in [-0.39, 0.29) is 0 Å². The van der Waals surface area contributed by atoms with Crippen molar-refractivity contribution >= 4 is 5.57 Å². The fraction of sp³-hybridized carbons (Fsp3) is 0.250. The van der Waals surface area contributed by atoms with Crippen LogP contribution >= 0.6 is 0 Å². The standard InChI is InChI=1S/C20H22N2/c1-3-11-19-16(2)20(17-12-7-4-5-8-13-17)21-22(19)18-14-9-6-10-15-18/h4,6-10,12-15H,3,5,11H2,1-2H3. The van der Waals surface area contributed by atoms with Crippen LogP contribution in [0.15, 0.2) is 60.7 Å². The highest BCUT2D eigenvalue weighted by Crippen LogP contribution is 2.26. The molecule has 0 spiro atoms. The average molecular weight is 290 g/mol. The lowest BCUT2D eigenvalue weighted by Crippen LogP contribution is -2.02. The molecule has 0 aliphatic heterocycles. The van der Waals surface area contributed by atoms with Gasteiger partial charge in [0, 0.05) is 11.3 Å². The summed E-state index contributed by atoms with van der Waals surface area (Å²) in [5, 5.41) is 4.93.